The maximum absolute atomic E-state index is 4.70. The van der Waals surface area contributed by atoms with Gasteiger partial charge in [-0.3, -0.25) is 0 Å². The van der Waals surface area contributed by atoms with Gasteiger partial charge in [0, 0.05) is 37.6 Å². The van der Waals surface area contributed by atoms with Gasteiger partial charge in [-0.2, -0.15) is 0 Å². The number of hydrogen-bond acceptors (Lipinski definition) is 4. The molecule has 0 bridgehead atoms. The van der Waals surface area contributed by atoms with Gasteiger partial charge < -0.3 is 10.2 Å². The molecule has 0 amide bonds. The molecule has 3 rings (SSSR count). The summed E-state index contributed by atoms with van der Waals surface area (Å²) in [4.78, 5) is 11.5. The van der Waals surface area contributed by atoms with E-state index in [9.17, 15) is 0 Å². The Morgan fingerprint density at radius 2 is 2.29 bits per heavy atom. The second-order valence-corrected chi connectivity index (χ2v) is 5.40. The van der Waals surface area contributed by atoms with Crippen molar-refractivity contribution in [3.63, 3.8) is 0 Å². The lowest BCUT2D eigenvalue weighted by atomic mass is 10.1. The van der Waals surface area contributed by atoms with E-state index in [0.29, 0.717) is 12.0 Å². The molecule has 0 unspecified atom stereocenters. The molecule has 0 radical (unpaired) electrons. The number of fused-ring (bicyclic) bond motifs is 1. The van der Waals surface area contributed by atoms with E-state index in [4.69, 9.17) is 4.98 Å². The summed E-state index contributed by atoms with van der Waals surface area (Å²) >= 11 is 0. The highest BCUT2D eigenvalue weighted by molar-refractivity contribution is 5.36. The highest BCUT2D eigenvalue weighted by atomic mass is 15.3. The summed E-state index contributed by atoms with van der Waals surface area (Å²) in [7, 11) is 0. The molecule has 0 aromatic carbocycles. The van der Waals surface area contributed by atoms with Crippen LogP contribution in [-0.4, -0.2) is 35.6 Å². The predicted molar refractivity (Wildman–Crippen MR) is 68.2 cm³/mol. The van der Waals surface area contributed by atoms with Crippen LogP contribution in [0.5, 0.6) is 0 Å². The third kappa shape index (κ3) is 1.90. The monoisotopic (exact) mass is 232 g/mol. The Bertz CT molecular complexity index is 404. The fourth-order valence-electron chi connectivity index (χ4n) is 2.92. The molecule has 0 saturated carbocycles. The maximum atomic E-state index is 4.70. The third-order valence-electron chi connectivity index (χ3n) is 3.96. The number of hydrogen-bond donors (Lipinski definition) is 1. The molecule has 4 nitrogen and oxygen atoms in total. The highest BCUT2D eigenvalue weighted by Gasteiger charge is 2.38. The van der Waals surface area contributed by atoms with Crippen molar-refractivity contribution >= 4 is 5.95 Å². The van der Waals surface area contributed by atoms with Crippen molar-refractivity contribution in [3.8, 4) is 0 Å². The van der Waals surface area contributed by atoms with Crippen molar-refractivity contribution in [1.82, 2.24) is 15.3 Å². The first-order valence-electron chi connectivity index (χ1n) is 6.56. The lowest BCUT2D eigenvalue weighted by molar-refractivity contribution is 0.575. The maximum Gasteiger partial charge on any atom is 0.225 e. The molecule has 17 heavy (non-hydrogen) atoms. The van der Waals surface area contributed by atoms with Crippen LogP contribution in [0.15, 0.2) is 12.3 Å². The summed E-state index contributed by atoms with van der Waals surface area (Å²) in [5.41, 5.74) is 1.14. The van der Waals surface area contributed by atoms with Gasteiger partial charge in [-0.05, 0) is 24.3 Å². The Morgan fingerprint density at radius 1 is 1.41 bits per heavy atom. The summed E-state index contributed by atoms with van der Waals surface area (Å²) < 4.78 is 0. The largest absolute Gasteiger partial charge is 0.336 e. The van der Waals surface area contributed by atoms with Crippen molar-refractivity contribution in [2.75, 3.05) is 24.5 Å². The Labute approximate surface area is 102 Å². The minimum absolute atomic E-state index is 0.469. The van der Waals surface area contributed by atoms with Crippen LogP contribution in [0.2, 0.25) is 0 Å². The Hall–Kier alpha value is -1.16. The molecule has 2 fully saturated rings. The van der Waals surface area contributed by atoms with Gasteiger partial charge in [-0.25, -0.2) is 9.97 Å². The van der Waals surface area contributed by atoms with Crippen LogP contribution >= 0.6 is 0 Å². The Morgan fingerprint density at radius 3 is 3.12 bits per heavy atom. The third-order valence-corrected chi connectivity index (χ3v) is 3.96. The van der Waals surface area contributed by atoms with Crippen LogP contribution in [0.3, 0.4) is 0 Å². The van der Waals surface area contributed by atoms with Crippen LogP contribution in [0, 0.1) is 5.92 Å². The molecule has 2 aliphatic rings. The van der Waals surface area contributed by atoms with E-state index >= 15 is 0 Å². The normalized spacial score (nSPS) is 27.8. The molecule has 0 aliphatic carbocycles. The number of aromatic nitrogens is 2. The summed E-state index contributed by atoms with van der Waals surface area (Å²) in [5.74, 6) is 2.19. The van der Waals surface area contributed by atoms with E-state index in [-0.39, 0.29) is 0 Å². The number of rotatable bonds is 2. The summed E-state index contributed by atoms with van der Waals surface area (Å²) in [6.07, 6.45) is 3.17. The van der Waals surface area contributed by atoms with Crippen LogP contribution in [-0.2, 0) is 0 Å². The molecule has 4 heteroatoms. The molecule has 2 aliphatic heterocycles. The van der Waals surface area contributed by atoms with Crippen molar-refractivity contribution in [3.05, 3.63) is 18.0 Å². The van der Waals surface area contributed by atoms with Gasteiger partial charge in [0.15, 0.2) is 0 Å². The second kappa shape index (κ2) is 4.26. The number of anilines is 1. The van der Waals surface area contributed by atoms with Crippen LogP contribution < -0.4 is 10.2 Å². The standard InChI is InChI=1S/C13H20N4/c1-9(2)11-3-5-15-13(16-11)17-6-4-10-7-14-8-12(10)17/h3,5,9-10,12,14H,4,6-8H2,1-2H3/t10-,12+/m1/s1. The Balaban J connectivity index is 1.86. The van der Waals surface area contributed by atoms with Crippen LogP contribution in [0.1, 0.15) is 31.9 Å². The molecular weight excluding hydrogens is 212 g/mol. The molecule has 1 aromatic rings. The molecule has 1 N–H and O–H groups in total. The number of nitrogens with zero attached hydrogens (tertiary/aromatic N) is 3. The lowest BCUT2D eigenvalue weighted by Gasteiger charge is -2.23. The van der Waals surface area contributed by atoms with Crippen molar-refractivity contribution in [2.24, 2.45) is 5.92 Å². The first-order chi connectivity index (χ1) is 8.25. The van der Waals surface area contributed by atoms with Gasteiger partial charge in [0.25, 0.3) is 0 Å². The average molecular weight is 232 g/mol. The minimum atomic E-state index is 0.469. The fourth-order valence-corrected chi connectivity index (χ4v) is 2.92. The molecule has 3 heterocycles. The van der Waals surface area contributed by atoms with Gasteiger partial charge in [-0.15, -0.1) is 0 Å². The SMILES string of the molecule is CC(C)c1ccnc(N2CC[C@@H]3CNC[C@@H]32)n1. The van der Waals surface area contributed by atoms with Gasteiger partial charge in [0.2, 0.25) is 5.95 Å². The molecule has 92 valence electrons. The molecular formula is C13H20N4. The van der Waals surface area contributed by atoms with Crippen molar-refractivity contribution in [1.29, 1.82) is 0 Å². The lowest BCUT2D eigenvalue weighted by Crippen LogP contribution is -2.35. The van der Waals surface area contributed by atoms with Crippen molar-refractivity contribution in [2.45, 2.75) is 32.2 Å². The smallest absolute Gasteiger partial charge is 0.225 e. The quantitative estimate of drug-likeness (QED) is 0.837. The van der Waals surface area contributed by atoms with Gasteiger partial charge in [0.1, 0.15) is 0 Å². The van der Waals surface area contributed by atoms with E-state index in [1.807, 2.05) is 12.3 Å². The molecule has 2 saturated heterocycles. The zero-order valence-corrected chi connectivity index (χ0v) is 10.6. The molecule has 1 aromatic heterocycles. The van der Waals surface area contributed by atoms with Gasteiger partial charge in [-0.1, -0.05) is 13.8 Å². The summed E-state index contributed by atoms with van der Waals surface area (Å²) in [5, 5.41) is 3.46. The van der Waals surface area contributed by atoms with E-state index in [1.54, 1.807) is 0 Å². The minimum Gasteiger partial charge on any atom is -0.336 e. The first-order valence-corrected chi connectivity index (χ1v) is 6.56. The fraction of sp³-hybridized carbons (Fsp3) is 0.692. The second-order valence-electron chi connectivity index (χ2n) is 5.40. The number of nitrogens with one attached hydrogen (secondary N) is 1. The molecule has 2 atom stereocenters. The zero-order chi connectivity index (χ0) is 11.8. The highest BCUT2D eigenvalue weighted by Crippen LogP contribution is 2.30. The van der Waals surface area contributed by atoms with Crippen molar-refractivity contribution < 1.29 is 0 Å². The van der Waals surface area contributed by atoms with E-state index in [1.165, 1.54) is 6.42 Å². The van der Waals surface area contributed by atoms with E-state index in [2.05, 4.69) is 29.0 Å². The van der Waals surface area contributed by atoms with E-state index in [0.717, 1.165) is 37.2 Å². The van der Waals surface area contributed by atoms with Gasteiger partial charge in [0.05, 0.1) is 0 Å². The molecule has 0 spiro atoms. The topological polar surface area (TPSA) is 41.1 Å². The summed E-state index contributed by atoms with van der Waals surface area (Å²) in [6, 6.07) is 2.63. The average Bonchev–Trinajstić information content (AvgIpc) is 2.90. The van der Waals surface area contributed by atoms with Gasteiger partial charge >= 0.3 is 0 Å². The predicted octanol–water partition coefficient (Wildman–Crippen LogP) is 1.40. The Kier molecular flexibility index (Phi) is 2.74. The zero-order valence-electron chi connectivity index (χ0n) is 10.6. The van der Waals surface area contributed by atoms with Crippen LogP contribution in [0.25, 0.3) is 0 Å². The summed E-state index contributed by atoms with van der Waals surface area (Å²) in [6.45, 7) is 7.70. The van der Waals surface area contributed by atoms with Crippen LogP contribution in [0.4, 0.5) is 5.95 Å². The first kappa shape index (κ1) is 11.0. The van der Waals surface area contributed by atoms with E-state index < -0.39 is 0 Å².